The lowest BCUT2D eigenvalue weighted by Gasteiger charge is -2.10. The lowest BCUT2D eigenvalue weighted by Crippen LogP contribution is -2.12. The van der Waals surface area contributed by atoms with Crippen LogP contribution in [0.1, 0.15) is 23.7 Å². The first-order chi connectivity index (χ1) is 10.3. The molecule has 110 valence electrons. The molecule has 21 heavy (non-hydrogen) atoms. The van der Waals surface area contributed by atoms with Crippen LogP contribution < -0.4 is 10.1 Å². The van der Waals surface area contributed by atoms with Gasteiger partial charge in [0.2, 0.25) is 0 Å². The van der Waals surface area contributed by atoms with Crippen molar-refractivity contribution in [1.29, 1.82) is 0 Å². The van der Waals surface area contributed by atoms with Crippen LogP contribution in [0.5, 0.6) is 5.75 Å². The summed E-state index contributed by atoms with van der Waals surface area (Å²) in [4.78, 5) is 4.44. The van der Waals surface area contributed by atoms with E-state index in [1.54, 1.807) is 0 Å². The van der Waals surface area contributed by atoms with E-state index in [2.05, 4.69) is 35.9 Å². The maximum atomic E-state index is 5.87. The topological polar surface area (TPSA) is 34.1 Å². The molecule has 0 fully saturated rings. The summed E-state index contributed by atoms with van der Waals surface area (Å²) in [6, 6.07) is 12.1. The van der Waals surface area contributed by atoms with Crippen LogP contribution in [-0.4, -0.2) is 11.5 Å². The first-order valence-corrected chi connectivity index (χ1v) is 7.29. The van der Waals surface area contributed by atoms with E-state index in [1.165, 1.54) is 5.56 Å². The standard InChI is InChI=1S/C18H22N2O/c1-3-7-16-8-5-6-9-18(16)21-14-17-11-10-15(13-20-17)12-19-4-2/h3,5-6,8-11,13,19H,1,4,7,12,14H2,2H3. The van der Waals surface area contributed by atoms with Crippen LogP contribution in [0, 0.1) is 0 Å². The Balaban J connectivity index is 1.95. The van der Waals surface area contributed by atoms with Gasteiger partial charge in [0.15, 0.2) is 0 Å². The van der Waals surface area contributed by atoms with Gasteiger partial charge in [0.1, 0.15) is 12.4 Å². The van der Waals surface area contributed by atoms with Crippen molar-refractivity contribution in [2.45, 2.75) is 26.5 Å². The maximum absolute atomic E-state index is 5.87. The fraction of sp³-hybridized carbons (Fsp3) is 0.278. The van der Waals surface area contributed by atoms with Gasteiger partial charge >= 0.3 is 0 Å². The van der Waals surface area contributed by atoms with Crippen molar-refractivity contribution >= 4 is 0 Å². The Morgan fingerprint density at radius 3 is 2.81 bits per heavy atom. The number of ether oxygens (including phenoxy) is 1. The van der Waals surface area contributed by atoms with Crippen molar-refractivity contribution in [3.8, 4) is 5.75 Å². The molecule has 0 unspecified atom stereocenters. The molecule has 3 nitrogen and oxygen atoms in total. The van der Waals surface area contributed by atoms with E-state index in [0.717, 1.165) is 36.5 Å². The third kappa shape index (κ3) is 4.72. The second-order valence-electron chi connectivity index (χ2n) is 4.83. The fourth-order valence-electron chi connectivity index (χ4n) is 2.03. The van der Waals surface area contributed by atoms with E-state index in [9.17, 15) is 0 Å². The predicted molar refractivity (Wildman–Crippen MR) is 86.3 cm³/mol. The van der Waals surface area contributed by atoms with Gasteiger partial charge in [-0.05, 0) is 36.2 Å². The van der Waals surface area contributed by atoms with Crippen LogP contribution in [0.15, 0.2) is 55.3 Å². The van der Waals surface area contributed by atoms with E-state index < -0.39 is 0 Å². The van der Waals surface area contributed by atoms with E-state index in [0.29, 0.717) is 6.61 Å². The summed E-state index contributed by atoms with van der Waals surface area (Å²) in [5.41, 5.74) is 3.27. The normalized spacial score (nSPS) is 10.3. The molecule has 0 bridgehead atoms. The summed E-state index contributed by atoms with van der Waals surface area (Å²) in [5, 5.41) is 3.28. The van der Waals surface area contributed by atoms with Crippen LogP contribution in [0.25, 0.3) is 0 Å². The molecule has 0 amide bonds. The first-order valence-electron chi connectivity index (χ1n) is 7.29. The van der Waals surface area contributed by atoms with Gasteiger partial charge in [0, 0.05) is 12.7 Å². The second kappa shape index (κ2) is 8.22. The zero-order valence-corrected chi connectivity index (χ0v) is 12.5. The molecule has 1 N–H and O–H groups in total. The van der Waals surface area contributed by atoms with Crippen molar-refractivity contribution in [1.82, 2.24) is 10.3 Å². The molecule has 0 saturated heterocycles. The third-order valence-electron chi connectivity index (χ3n) is 3.18. The Labute approximate surface area is 126 Å². The number of nitrogens with zero attached hydrogens (tertiary/aromatic N) is 1. The molecule has 1 heterocycles. The Kier molecular flexibility index (Phi) is 5.98. The average molecular weight is 282 g/mol. The number of benzene rings is 1. The molecule has 0 aliphatic rings. The van der Waals surface area contributed by atoms with Crippen LogP contribution in [0.2, 0.25) is 0 Å². The number of aromatic nitrogens is 1. The Hall–Kier alpha value is -2.13. The van der Waals surface area contributed by atoms with Gasteiger partial charge in [-0.2, -0.15) is 0 Å². The number of para-hydroxylation sites is 1. The van der Waals surface area contributed by atoms with E-state index in [4.69, 9.17) is 4.74 Å². The summed E-state index contributed by atoms with van der Waals surface area (Å²) in [6.07, 6.45) is 4.60. The molecule has 1 aromatic heterocycles. The largest absolute Gasteiger partial charge is 0.487 e. The van der Waals surface area contributed by atoms with Crippen LogP contribution in [0.4, 0.5) is 0 Å². The van der Waals surface area contributed by atoms with Crippen LogP contribution in [-0.2, 0) is 19.6 Å². The van der Waals surface area contributed by atoms with Gasteiger partial charge in [-0.1, -0.05) is 37.3 Å². The van der Waals surface area contributed by atoms with Gasteiger partial charge in [-0.15, -0.1) is 6.58 Å². The molecular weight excluding hydrogens is 260 g/mol. The molecule has 0 aliphatic heterocycles. The lowest BCUT2D eigenvalue weighted by molar-refractivity contribution is 0.298. The number of nitrogens with one attached hydrogen (secondary N) is 1. The summed E-state index contributed by atoms with van der Waals surface area (Å²) in [6.45, 7) is 8.17. The quantitative estimate of drug-likeness (QED) is 0.752. The van der Waals surface area contributed by atoms with E-state index in [-0.39, 0.29) is 0 Å². The number of hydrogen-bond acceptors (Lipinski definition) is 3. The fourth-order valence-corrected chi connectivity index (χ4v) is 2.03. The minimum Gasteiger partial charge on any atom is -0.487 e. The first kappa shape index (κ1) is 15.3. The monoisotopic (exact) mass is 282 g/mol. The van der Waals surface area contributed by atoms with E-state index >= 15 is 0 Å². The lowest BCUT2D eigenvalue weighted by atomic mass is 10.1. The molecule has 3 heteroatoms. The van der Waals surface area contributed by atoms with Crippen molar-refractivity contribution < 1.29 is 4.74 Å². The minimum atomic E-state index is 0.482. The summed E-state index contributed by atoms with van der Waals surface area (Å²) < 4.78 is 5.87. The molecule has 0 aliphatic carbocycles. The smallest absolute Gasteiger partial charge is 0.130 e. The van der Waals surface area contributed by atoms with Gasteiger partial charge in [0.25, 0.3) is 0 Å². The average Bonchev–Trinajstić information content (AvgIpc) is 2.53. The second-order valence-corrected chi connectivity index (χ2v) is 4.83. The van der Waals surface area contributed by atoms with Crippen molar-refractivity contribution in [2.75, 3.05) is 6.54 Å². The zero-order valence-electron chi connectivity index (χ0n) is 12.5. The number of hydrogen-bond donors (Lipinski definition) is 1. The molecule has 1 aromatic carbocycles. The van der Waals surface area contributed by atoms with Gasteiger partial charge in [-0.3, -0.25) is 4.98 Å². The molecule has 0 atom stereocenters. The molecular formula is C18H22N2O. The van der Waals surface area contributed by atoms with E-state index in [1.807, 2.05) is 36.5 Å². The van der Waals surface area contributed by atoms with Crippen molar-refractivity contribution in [3.63, 3.8) is 0 Å². The molecule has 0 radical (unpaired) electrons. The highest BCUT2D eigenvalue weighted by Crippen LogP contribution is 2.19. The van der Waals surface area contributed by atoms with Crippen LogP contribution in [0.3, 0.4) is 0 Å². The summed E-state index contributed by atoms with van der Waals surface area (Å²) in [5.74, 6) is 0.899. The highest BCUT2D eigenvalue weighted by molar-refractivity contribution is 5.34. The highest BCUT2D eigenvalue weighted by atomic mass is 16.5. The third-order valence-corrected chi connectivity index (χ3v) is 3.18. The summed E-state index contributed by atoms with van der Waals surface area (Å²) >= 11 is 0. The zero-order chi connectivity index (χ0) is 14.9. The number of pyridine rings is 1. The maximum Gasteiger partial charge on any atom is 0.130 e. The summed E-state index contributed by atoms with van der Waals surface area (Å²) in [7, 11) is 0. The van der Waals surface area contributed by atoms with Crippen molar-refractivity contribution in [3.05, 3.63) is 72.1 Å². The van der Waals surface area contributed by atoms with Crippen molar-refractivity contribution in [2.24, 2.45) is 0 Å². The van der Waals surface area contributed by atoms with Gasteiger partial charge in [0.05, 0.1) is 5.69 Å². The van der Waals surface area contributed by atoms with Gasteiger partial charge in [-0.25, -0.2) is 0 Å². The SMILES string of the molecule is C=CCc1ccccc1OCc1ccc(CNCC)cn1. The van der Waals surface area contributed by atoms with Crippen LogP contribution >= 0.6 is 0 Å². The van der Waals surface area contributed by atoms with Gasteiger partial charge < -0.3 is 10.1 Å². The predicted octanol–water partition coefficient (Wildman–Crippen LogP) is 3.50. The molecule has 0 saturated carbocycles. The number of allylic oxidation sites excluding steroid dienone is 1. The number of rotatable bonds is 8. The molecule has 2 rings (SSSR count). The Morgan fingerprint density at radius 2 is 2.10 bits per heavy atom. The molecule has 2 aromatic rings. The molecule has 0 spiro atoms. The minimum absolute atomic E-state index is 0.482. The Morgan fingerprint density at radius 1 is 1.24 bits per heavy atom. The Bertz CT molecular complexity index is 564. The highest BCUT2D eigenvalue weighted by Gasteiger charge is 2.02.